The summed E-state index contributed by atoms with van der Waals surface area (Å²) in [7, 11) is -3.67. The summed E-state index contributed by atoms with van der Waals surface area (Å²) in [4.78, 5) is 0. The van der Waals surface area contributed by atoms with Gasteiger partial charge in [-0.3, -0.25) is 0 Å². The van der Waals surface area contributed by atoms with E-state index in [0.29, 0.717) is 18.4 Å². The molecule has 1 unspecified atom stereocenters. The molecule has 1 aromatic carbocycles. The van der Waals surface area contributed by atoms with Crippen LogP contribution in [0.4, 0.5) is 0 Å². The molecule has 0 fully saturated rings. The third-order valence-corrected chi connectivity index (χ3v) is 6.76. The number of unbranched alkanes of at least 4 members (excludes halogenated alkanes) is 8. The van der Waals surface area contributed by atoms with E-state index in [0.717, 1.165) is 38.5 Å². The van der Waals surface area contributed by atoms with Gasteiger partial charge >= 0.3 is 10.1 Å². The third-order valence-electron chi connectivity index (χ3n) is 5.05. The number of phenols is 1. The Balaban J connectivity index is 2.67. The third kappa shape index (κ3) is 9.50. The van der Waals surface area contributed by atoms with Crippen LogP contribution in [0.2, 0.25) is 0 Å². The standard InChI is InChI=1S/C22H38O4S/c1-4-6-8-10-11-13-15-21(14-12-9-7-5-2)27(24,25)26-20-16-17-22(23)19(3)18-20/h16-18,21,23H,4-15H2,1-3H3. The van der Waals surface area contributed by atoms with Crippen LogP contribution >= 0.6 is 0 Å². The van der Waals surface area contributed by atoms with Gasteiger partial charge in [0.1, 0.15) is 11.5 Å². The van der Waals surface area contributed by atoms with Crippen LogP contribution < -0.4 is 4.18 Å². The first-order chi connectivity index (χ1) is 12.9. The number of hydrogen-bond donors (Lipinski definition) is 1. The molecule has 0 radical (unpaired) electrons. The van der Waals surface area contributed by atoms with E-state index < -0.39 is 15.4 Å². The van der Waals surface area contributed by atoms with E-state index in [2.05, 4.69) is 13.8 Å². The van der Waals surface area contributed by atoms with E-state index in [-0.39, 0.29) is 11.5 Å². The van der Waals surface area contributed by atoms with Crippen LogP contribution in [0.3, 0.4) is 0 Å². The van der Waals surface area contributed by atoms with Gasteiger partial charge in [0, 0.05) is 0 Å². The van der Waals surface area contributed by atoms with Crippen molar-refractivity contribution < 1.29 is 17.7 Å². The Morgan fingerprint density at radius 1 is 0.889 bits per heavy atom. The number of phenolic OH excluding ortho intramolecular Hbond substituents is 1. The fraction of sp³-hybridized carbons (Fsp3) is 0.727. The lowest BCUT2D eigenvalue weighted by Crippen LogP contribution is -2.26. The van der Waals surface area contributed by atoms with Crippen LogP contribution in [0.5, 0.6) is 11.5 Å². The molecule has 156 valence electrons. The van der Waals surface area contributed by atoms with Gasteiger partial charge in [0.15, 0.2) is 0 Å². The summed E-state index contributed by atoms with van der Waals surface area (Å²) in [6.07, 6.45) is 12.5. The quantitative estimate of drug-likeness (QED) is 0.270. The molecule has 1 atom stereocenters. The van der Waals surface area contributed by atoms with Gasteiger partial charge < -0.3 is 9.29 Å². The molecule has 1 rings (SSSR count). The zero-order valence-electron chi connectivity index (χ0n) is 17.4. The van der Waals surface area contributed by atoms with Crippen molar-refractivity contribution in [1.29, 1.82) is 0 Å². The molecular formula is C22H38O4S. The van der Waals surface area contributed by atoms with Crippen LogP contribution in [0, 0.1) is 6.92 Å². The van der Waals surface area contributed by atoms with Crippen LogP contribution in [0.25, 0.3) is 0 Å². The molecule has 0 aromatic heterocycles. The number of aryl methyl sites for hydroxylation is 1. The Hall–Kier alpha value is -1.23. The van der Waals surface area contributed by atoms with Crippen molar-refractivity contribution in [2.24, 2.45) is 0 Å². The van der Waals surface area contributed by atoms with Crippen molar-refractivity contribution in [2.75, 3.05) is 0 Å². The van der Waals surface area contributed by atoms with Crippen molar-refractivity contribution in [3.05, 3.63) is 23.8 Å². The highest BCUT2D eigenvalue weighted by Gasteiger charge is 2.27. The topological polar surface area (TPSA) is 63.6 Å². The van der Waals surface area contributed by atoms with Crippen molar-refractivity contribution in [2.45, 2.75) is 103 Å². The monoisotopic (exact) mass is 398 g/mol. The van der Waals surface area contributed by atoms with Crippen LogP contribution in [0.15, 0.2) is 18.2 Å². The van der Waals surface area contributed by atoms with Crippen molar-refractivity contribution >= 4 is 10.1 Å². The molecule has 0 bridgehead atoms. The summed E-state index contributed by atoms with van der Waals surface area (Å²) in [6.45, 7) is 6.08. The van der Waals surface area contributed by atoms with Crippen LogP contribution in [-0.4, -0.2) is 18.8 Å². The molecule has 1 aromatic rings. The highest BCUT2D eigenvalue weighted by Crippen LogP contribution is 2.26. The first kappa shape index (κ1) is 23.8. The summed E-state index contributed by atoms with van der Waals surface area (Å²) in [6, 6.07) is 4.56. The summed E-state index contributed by atoms with van der Waals surface area (Å²) >= 11 is 0. The molecule has 0 spiro atoms. The highest BCUT2D eigenvalue weighted by atomic mass is 32.2. The summed E-state index contributed by atoms with van der Waals surface area (Å²) in [5, 5.41) is 9.17. The maximum absolute atomic E-state index is 12.8. The van der Waals surface area contributed by atoms with Crippen molar-refractivity contribution in [3.63, 3.8) is 0 Å². The van der Waals surface area contributed by atoms with Gasteiger partial charge in [0.25, 0.3) is 0 Å². The van der Waals surface area contributed by atoms with Crippen molar-refractivity contribution in [3.8, 4) is 11.5 Å². The molecule has 0 amide bonds. The molecule has 0 saturated carbocycles. The number of aromatic hydroxyl groups is 1. The van der Waals surface area contributed by atoms with Gasteiger partial charge in [-0.05, 0) is 43.5 Å². The van der Waals surface area contributed by atoms with Gasteiger partial charge in [0.2, 0.25) is 0 Å². The number of rotatable bonds is 15. The minimum Gasteiger partial charge on any atom is -0.508 e. The van der Waals surface area contributed by atoms with Gasteiger partial charge in [-0.15, -0.1) is 0 Å². The molecule has 0 saturated heterocycles. The predicted octanol–water partition coefficient (Wildman–Crippen LogP) is 6.50. The largest absolute Gasteiger partial charge is 0.508 e. The Morgan fingerprint density at radius 2 is 1.41 bits per heavy atom. The highest BCUT2D eigenvalue weighted by molar-refractivity contribution is 7.87. The van der Waals surface area contributed by atoms with E-state index in [1.165, 1.54) is 37.8 Å². The van der Waals surface area contributed by atoms with Gasteiger partial charge in [0.05, 0.1) is 5.25 Å². The van der Waals surface area contributed by atoms with E-state index in [9.17, 15) is 13.5 Å². The lowest BCUT2D eigenvalue weighted by molar-refractivity contribution is 0.444. The van der Waals surface area contributed by atoms with Crippen LogP contribution in [0.1, 0.15) is 96.5 Å². The lowest BCUT2D eigenvalue weighted by atomic mass is 10.0. The fourth-order valence-corrected chi connectivity index (χ4v) is 4.68. The van der Waals surface area contributed by atoms with Crippen LogP contribution in [-0.2, 0) is 10.1 Å². The van der Waals surface area contributed by atoms with E-state index in [1.807, 2.05) is 0 Å². The predicted molar refractivity (Wildman–Crippen MR) is 113 cm³/mol. The molecule has 4 nitrogen and oxygen atoms in total. The second-order valence-corrected chi connectivity index (χ2v) is 9.37. The zero-order chi connectivity index (χ0) is 20.1. The number of hydrogen-bond acceptors (Lipinski definition) is 4. The Kier molecular flexibility index (Phi) is 11.5. The molecule has 0 aliphatic carbocycles. The normalized spacial score (nSPS) is 12.9. The molecule has 1 N–H and O–H groups in total. The second-order valence-electron chi connectivity index (χ2n) is 7.55. The minimum absolute atomic E-state index is 0.142. The first-order valence-electron chi connectivity index (χ1n) is 10.6. The summed E-state index contributed by atoms with van der Waals surface area (Å²) in [5.41, 5.74) is 0.609. The maximum Gasteiger partial charge on any atom is 0.312 e. The molecule has 0 heterocycles. The maximum atomic E-state index is 12.8. The first-order valence-corrected chi connectivity index (χ1v) is 12.1. The second kappa shape index (κ2) is 13.0. The molecule has 27 heavy (non-hydrogen) atoms. The van der Waals surface area contributed by atoms with E-state index >= 15 is 0 Å². The van der Waals surface area contributed by atoms with Gasteiger partial charge in [-0.25, -0.2) is 0 Å². The average Bonchev–Trinajstić information content (AvgIpc) is 2.62. The van der Waals surface area contributed by atoms with E-state index in [4.69, 9.17) is 4.18 Å². The Bertz CT molecular complexity index is 625. The van der Waals surface area contributed by atoms with E-state index in [1.54, 1.807) is 13.0 Å². The summed E-state index contributed by atoms with van der Waals surface area (Å²) in [5.74, 6) is 0.426. The Labute approximate surface area is 166 Å². The lowest BCUT2D eigenvalue weighted by Gasteiger charge is -2.18. The minimum atomic E-state index is -3.67. The smallest absolute Gasteiger partial charge is 0.312 e. The molecule has 0 aliphatic heterocycles. The molecular weight excluding hydrogens is 360 g/mol. The SMILES string of the molecule is CCCCCCCCC(CCCCCC)S(=O)(=O)Oc1ccc(O)c(C)c1. The summed E-state index contributed by atoms with van der Waals surface area (Å²) < 4.78 is 31.1. The average molecular weight is 399 g/mol. The Morgan fingerprint density at radius 3 is 1.96 bits per heavy atom. The number of benzene rings is 1. The molecule has 0 aliphatic rings. The zero-order valence-corrected chi connectivity index (χ0v) is 18.2. The van der Waals surface area contributed by atoms with Gasteiger partial charge in [-0.2, -0.15) is 8.42 Å². The molecule has 5 heteroatoms. The van der Waals surface area contributed by atoms with Crippen molar-refractivity contribution in [1.82, 2.24) is 0 Å². The fourth-order valence-electron chi connectivity index (χ4n) is 3.27. The van der Waals surface area contributed by atoms with Gasteiger partial charge in [-0.1, -0.05) is 78.1 Å².